The van der Waals surface area contributed by atoms with Crippen LogP contribution in [0, 0.1) is 16.7 Å². The van der Waals surface area contributed by atoms with Gasteiger partial charge in [0.15, 0.2) is 0 Å². The Bertz CT molecular complexity index is 241. The second-order valence-electron chi connectivity index (χ2n) is 4.64. The number of hydrogen-bond acceptors (Lipinski definition) is 3. The molecule has 0 saturated carbocycles. The first kappa shape index (κ1) is 13.9. The van der Waals surface area contributed by atoms with Gasteiger partial charge in [-0.3, -0.25) is 4.79 Å². The lowest BCUT2D eigenvalue weighted by molar-refractivity contribution is -0.120. The van der Waals surface area contributed by atoms with Crippen LogP contribution >= 0.6 is 0 Å². The van der Waals surface area contributed by atoms with Crippen molar-refractivity contribution in [2.24, 2.45) is 5.41 Å². The molecule has 0 aromatic rings. The number of rotatable bonds is 6. The number of nitrogens with zero attached hydrogens (tertiary/aromatic N) is 1. The minimum atomic E-state index is -0.318. The highest BCUT2D eigenvalue weighted by Crippen LogP contribution is 2.16. The fourth-order valence-electron chi connectivity index (χ4n) is 1.03. The van der Waals surface area contributed by atoms with Gasteiger partial charge in [0.25, 0.3) is 0 Å². The van der Waals surface area contributed by atoms with Crippen LogP contribution in [0.5, 0.6) is 0 Å². The van der Waals surface area contributed by atoms with Crippen molar-refractivity contribution in [2.45, 2.75) is 40.2 Å². The molecule has 0 heterocycles. The average Bonchev–Trinajstić information content (AvgIpc) is 2.11. The van der Waals surface area contributed by atoms with E-state index in [1.807, 2.05) is 27.7 Å². The molecule has 4 nitrogen and oxygen atoms in total. The van der Waals surface area contributed by atoms with Crippen LogP contribution in [-0.4, -0.2) is 25.0 Å². The molecule has 0 aliphatic rings. The summed E-state index contributed by atoms with van der Waals surface area (Å²) < 4.78 is 0. The molecule has 2 N–H and O–H groups in total. The van der Waals surface area contributed by atoms with Crippen LogP contribution in [0.4, 0.5) is 0 Å². The van der Waals surface area contributed by atoms with E-state index in [1.54, 1.807) is 0 Å². The minimum absolute atomic E-state index is 0.000219. The molecule has 0 spiro atoms. The first-order chi connectivity index (χ1) is 6.87. The second kappa shape index (κ2) is 6.41. The molecule has 0 aliphatic carbocycles. The molecule has 0 fully saturated rings. The number of amides is 1. The van der Waals surface area contributed by atoms with Crippen molar-refractivity contribution in [3.8, 4) is 6.07 Å². The SMILES string of the molecule is CC(C)NC(=O)CNCCC(C)(C)C#N. The van der Waals surface area contributed by atoms with Crippen molar-refractivity contribution < 1.29 is 4.79 Å². The predicted octanol–water partition coefficient (Wildman–Crippen LogP) is 1.04. The van der Waals surface area contributed by atoms with Crippen LogP contribution < -0.4 is 10.6 Å². The van der Waals surface area contributed by atoms with Gasteiger partial charge in [-0.05, 0) is 40.7 Å². The molecule has 0 saturated heterocycles. The fourth-order valence-corrected chi connectivity index (χ4v) is 1.03. The Kier molecular flexibility index (Phi) is 5.95. The molecule has 0 rings (SSSR count). The highest BCUT2D eigenvalue weighted by atomic mass is 16.1. The molecule has 86 valence electrons. The molecule has 0 aromatic heterocycles. The zero-order chi connectivity index (χ0) is 11.9. The summed E-state index contributed by atoms with van der Waals surface area (Å²) in [6.07, 6.45) is 0.748. The first-order valence-electron chi connectivity index (χ1n) is 5.29. The third-order valence-corrected chi connectivity index (χ3v) is 1.96. The molecule has 1 amide bonds. The van der Waals surface area contributed by atoms with Crippen LogP contribution in [0.25, 0.3) is 0 Å². The van der Waals surface area contributed by atoms with Crippen LogP contribution in [-0.2, 0) is 4.79 Å². The van der Waals surface area contributed by atoms with Crippen LogP contribution in [0.15, 0.2) is 0 Å². The van der Waals surface area contributed by atoms with Gasteiger partial charge < -0.3 is 10.6 Å². The second-order valence-corrected chi connectivity index (χ2v) is 4.64. The van der Waals surface area contributed by atoms with E-state index in [2.05, 4.69) is 16.7 Å². The Morgan fingerprint density at radius 3 is 2.53 bits per heavy atom. The molecular formula is C11H21N3O. The van der Waals surface area contributed by atoms with Gasteiger partial charge in [0.05, 0.1) is 18.0 Å². The minimum Gasteiger partial charge on any atom is -0.353 e. The number of carbonyl (C=O) groups excluding carboxylic acids is 1. The lowest BCUT2D eigenvalue weighted by Gasteiger charge is -2.15. The standard InChI is InChI=1S/C11H21N3O/c1-9(2)14-10(15)7-13-6-5-11(3,4)8-12/h9,13H,5-7H2,1-4H3,(H,14,15). The smallest absolute Gasteiger partial charge is 0.234 e. The van der Waals surface area contributed by atoms with E-state index in [1.165, 1.54) is 0 Å². The summed E-state index contributed by atoms with van der Waals surface area (Å²) in [5.41, 5.74) is -0.318. The number of hydrogen-bond donors (Lipinski definition) is 2. The van der Waals surface area contributed by atoms with Crippen molar-refractivity contribution >= 4 is 5.91 Å². The predicted molar refractivity (Wildman–Crippen MR) is 60.2 cm³/mol. The Labute approximate surface area is 92.0 Å². The van der Waals surface area contributed by atoms with E-state index >= 15 is 0 Å². The van der Waals surface area contributed by atoms with E-state index in [0.717, 1.165) is 6.42 Å². The molecule has 0 atom stereocenters. The zero-order valence-electron chi connectivity index (χ0n) is 10.1. The summed E-state index contributed by atoms with van der Waals surface area (Å²) in [7, 11) is 0. The largest absolute Gasteiger partial charge is 0.353 e. The monoisotopic (exact) mass is 211 g/mol. The Morgan fingerprint density at radius 1 is 1.47 bits per heavy atom. The third-order valence-electron chi connectivity index (χ3n) is 1.96. The molecule has 0 radical (unpaired) electrons. The van der Waals surface area contributed by atoms with Crippen molar-refractivity contribution in [2.75, 3.05) is 13.1 Å². The molecule has 0 aliphatic heterocycles. The maximum absolute atomic E-state index is 11.2. The van der Waals surface area contributed by atoms with E-state index < -0.39 is 0 Å². The molecule has 4 heteroatoms. The molecule has 0 aromatic carbocycles. The van der Waals surface area contributed by atoms with Gasteiger partial charge in [-0.25, -0.2) is 0 Å². The van der Waals surface area contributed by atoms with E-state index in [0.29, 0.717) is 13.1 Å². The summed E-state index contributed by atoms with van der Waals surface area (Å²) in [4.78, 5) is 11.2. The van der Waals surface area contributed by atoms with Gasteiger partial charge in [-0.15, -0.1) is 0 Å². The van der Waals surface area contributed by atoms with Crippen molar-refractivity contribution in [3.63, 3.8) is 0 Å². The summed E-state index contributed by atoms with van der Waals surface area (Å²) in [5.74, 6) is -0.000219. The lowest BCUT2D eigenvalue weighted by atomic mass is 9.91. The maximum Gasteiger partial charge on any atom is 0.234 e. The van der Waals surface area contributed by atoms with E-state index in [-0.39, 0.29) is 17.4 Å². The van der Waals surface area contributed by atoms with Gasteiger partial charge in [0, 0.05) is 6.04 Å². The van der Waals surface area contributed by atoms with Crippen LogP contribution in [0.2, 0.25) is 0 Å². The normalized spacial score (nSPS) is 11.2. The van der Waals surface area contributed by atoms with Gasteiger partial charge in [0.1, 0.15) is 0 Å². The Hall–Kier alpha value is -1.08. The number of nitriles is 1. The summed E-state index contributed by atoms with van der Waals surface area (Å²) >= 11 is 0. The van der Waals surface area contributed by atoms with Crippen LogP contribution in [0.1, 0.15) is 34.1 Å². The maximum atomic E-state index is 11.2. The molecule has 15 heavy (non-hydrogen) atoms. The van der Waals surface area contributed by atoms with Crippen molar-refractivity contribution in [3.05, 3.63) is 0 Å². The topological polar surface area (TPSA) is 64.9 Å². The summed E-state index contributed by atoms with van der Waals surface area (Å²) in [6, 6.07) is 2.40. The van der Waals surface area contributed by atoms with E-state index in [9.17, 15) is 4.79 Å². The quantitative estimate of drug-likeness (QED) is 0.645. The van der Waals surface area contributed by atoms with Crippen molar-refractivity contribution in [1.82, 2.24) is 10.6 Å². The zero-order valence-corrected chi connectivity index (χ0v) is 10.1. The number of nitrogens with one attached hydrogen (secondary N) is 2. The van der Waals surface area contributed by atoms with Gasteiger partial charge in [-0.2, -0.15) is 5.26 Å². The highest BCUT2D eigenvalue weighted by molar-refractivity contribution is 5.78. The fraction of sp³-hybridized carbons (Fsp3) is 0.818. The van der Waals surface area contributed by atoms with Gasteiger partial charge >= 0.3 is 0 Å². The Morgan fingerprint density at radius 2 is 2.07 bits per heavy atom. The lowest BCUT2D eigenvalue weighted by Crippen LogP contribution is -2.38. The molecule has 0 bridgehead atoms. The Balaban J connectivity index is 3.56. The van der Waals surface area contributed by atoms with Gasteiger partial charge in [0.2, 0.25) is 5.91 Å². The summed E-state index contributed by atoms with van der Waals surface area (Å²) in [5, 5.41) is 14.6. The molecular weight excluding hydrogens is 190 g/mol. The highest BCUT2D eigenvalue weighted by Gasteiger charge is 2.15. The van der Waals surface area contributed by atoms with E-state index in [4.69, 9.17) is 5.26 Å². The average molecular weight is 211 g/mol. The third kappa shape index (κ3) is 7.95. The first-order valence-corrected chi connectivity index (χ1v) is 5.29. The number of carbonyl (C=O) groups is 1. The van der Waals surface area contributed by atoms with Crippen LogP contribution in [0.3, 0.4) is 0 Å². The molecule has 0 unspecified atom stereocenters. The van der Waals surface area contributed by atoms with Gasteiger partial charge in [-0.1, -0.05) is 0 Å². The summed E-state index contributed by atoms with van der Waals surface area (Å²) in [6.45, 7) is 8.64. The van der Waals surface area contributed by atoms with Crippen molar-refractivity contribution in [1.29, 1.82) is 5.26 Å².